The van der Waals surface area contributed by atoms with E-state index in [1.165, 1.54) is 12.1 Å². The van der Waals surface area contributed by atoms with Gasteiger partial charge in [-0.25, -0.2) is 0 Å². The van der Waals surface area contributed by atoms with Crippen LogP contribution in [0, 0.1) is 13.7 Å². The summed E-state index contributed by atoms with van der Waals surface area (Å²) in [5.41, 5.74) is 4.46. The first kappa shape index (κ1) is 11.2. The highest BCUT2D eigenvalue weighted by atomic mass is 127. The molecular formula is C7H4ClIN2O3. The predicted molar refractivity (Wildman–Crippen MR) is 59.3 cm³/mol. The summed E-state index contributed by atoms with van der Waals surface area (Å²) in [5.74, 6) is -0.866. The lowest BCUT2D eigenvalue weighted by Gasteiger charge is -2.01. The Hall–Kier alpha value is -0.890. The summed E-state index contributed by atoms with van der Waals surface area (Å²) in [6.45, 7) is 0. The van der Waals surface area contributed by atoms with Crippen LogP contribution in [0.2, 0.25) is 5.02 Å². The van der Waals surface area contributed by atoms with Crippen molar-refractivity contribution in [1.29, 1.82) is 0 Å². The third-order valence-corrected chi connectivity index (χ3v) is 3.02. The average Bonchev–Trinajstić information content (AvgIpc) is 2.08. The van der Waals surface area contributed by atoms with Gasteiger partial charge < -0.3 is 5.73 Å². The molecule has 0 saturated carbocycles. The van der Waals surface area contributed by atoms with Crippen LogP contribution in [0.5, 0.6) is 0 Å². The van der Waals surface area contributed by atoms with Crippen LogP contribution in [0.25, 0.3) is 0 Å². The topological polar surface area (TPSA) is 86.2 Å². The quantitative estimate of drug-likeness (QED) is 0.512. The van der Waals surface area contributed by atoms with Gasteiger partial charge in [0.1, 0.15) is 5.56 Å². The third kappa shape index (κ3) is 2.13. The SMILES string of the molecule is NC(=O)c1cc(Cl)c(I)cc1[N+](=O)[O-]. The van der Waals surface area contributed by atoms with Crippen LogP contribution in [0.1, 0.15) is 10.4 Å². The number of benzene rings is 1. The monoisotopic (exact) mass is 326 g/mol. The van der Waals surface area contributed by atoms with E-state index in [-0.39, 0.29) is 16.3 Å². The van der Waals surface area contributed by atoms with Crippen LogP contribution in [-0.4, -0.2) is 10.8 Å². The summed E-state index contributed by atoms with van der Waals surface area (Å²) in [4.78, 5) is 20.7. The Morgan fingerprint density at radius 1 is 1.57 bits per heavy atom. The van der Waals surface area contributed by atoms with Crippen molar-refractivity contribution >= 4 is 45.8 Å². The number of nitrogens with two attached hydrogens (primary N) is 1. The van der Waals surface area contributed by atoms with Gasteiger partial charge >= 0.3 is 0 Å². The number of nitrogens with zero attached hydrogens (tertiary/aromatic N) is 1. The van der Waals surface area contributed by atoms with E-state index >= 15 is 0 Å². The lowest BCUT2D eigenvalue weighted by atomic mass is 10.2. The van der Waals surface area contributed by atoms with E-state index in [1.807, 2.05) is 22.6 Å². The van der Waals surface area contributed by atoms with E-state index in [0.29, 0.717) is 3.57 Å². The fourth-order valence-corrected chi connectivity index (χ4v) is 1.50. The molecule has 5 nitrogen and oxygen atoms in total. The largest absolute Gasteiger partial charge is 0.365 e. The van der Waals surface area contributed by atoms with E-state index in [2.05, 4.69) is 0 Å². The minimum absolute atomic E-state index is 0.180. The number of nitro benzene ring substituents is 1. The molecule has 0 aliphatic carbocycles. The minimum atomic E-state index is -0.866. The molecule has 0 saturated heterocycles. The first-order valence-electron chi connectivity index (χ1n) is 3.36. The van der Waals surface area contributed by atoms with Crippen molar-refractivity contribution in [1.82, 2.24) is 0 Å². The zero-order valence-electron chi connectivity index (χ0n) is 6.66. The summed E-state index contributed by atoms with van der Waals surface area (Å²) in [5, 5.41) is 10.8. The Morgan fingerprint density at radius 2 is 2.14 bits per heavy atom. The molecule has 0 atom stereocenters. The van der Waals surface area contributed by atoms with Gasteiger partial charge in [0.15, 0.2) is 0 Å². The molecule has 0 spiro atoms. The highest BCUT2D eigenvalue weighted by Gasteiger charge is 2.20. The number of primary amides is 1. The molecule has 74 valence electrons. The van der Waals surface area contributed by atoms with E-state index < -0.39 is 10.8 Å². The van der Waals surface area contributed by atoms with Crippen molar-refractivity contribution in [3.05, 3.63) is 36.4 Å². The fraction of sp³-hybridized carbons (Fsp3) is 0. The smallest absolute Gasteiger partial charge is 0.283 e. The second-order valence-electron chi connectivity index (χ2n) is 2.40. The molecule has 1 aromatic rings. The Balaban J connectivity index is 3.46. The van der Waals surface area contributed by atoms with Gasteiger partial charge in [-0.1, -0.05) is 11.6 Å². The second-order valence-corrected chi connectivity index (χ2v) is 3.97. The maximum absolute atomic E-state index is 10.8. The number of rotatable bonds is 2. The van der Waals surface area contributed by atoms with Crippen LogP contribution in [-0.2, 0) is 0 Å². The first-order valence-corrected chi connectivity index (χ1v) is 4.82. The average molecular weight is 326 g/mol. The lowest BCUT2D eigenvalue weighted by molar-refractivity contribution is -0.385. The fourth-order valence-electron chi connectivity index (χ4n) is 0.885. The maximum Gasteiger partial charge on any atom is 0.283 e. The summed E-state index contributed by atoms with van der Waals surface area (Å²) in [6.07, 6.45) is 0. The number of carbonyl (C=O) groups is 1. The summed E-state index contributed by atoms with van der Waals surface area (Å²) < 4.78 is 0.501. The van der Waals surface area contributed by atoms with E-state index in [9.17, 15) is 14.9 Å². The van der Waals surface area contributed by atoms with E-state index in [1.54, 1.807) is 0 Å². The normalized spacial score (nSPS) is 9.86. The van der Waals surface area contributed by atoms with Crippen LogP contribution in [0.15, 0.2) is 12.1 Å². The highest BCUT2D eigenvalue weighted by molar-refractivity contribution is 14.1. The van der Waals surface area contributed by atoms with Gasteiger partial charge in [0.05, 0.1) is 9.95 Å². The van der Waals surface area contributed by atoms with E-state index in [4.69, 9.17) is 17.3 Å². The number of nitro groups is 1. The van der Waals surface area contributed by atoms with Gasteiger partial charge in [0, 0.05) is 9.64 Å². The first-order chi connectivity index (χ1) is 6.43. The standard InChI is InChI=1S/C7H4ClIN2O3/c8-4-1-3(7(10)12)6(11(13)14)2-5(4)9/h1-2H,(H2,10,12). The zero-order chi connectivity index (χ0) is 10.9. The van der Waals surface area contributed by atoms with Crippen LogP contribution >= 0.6 is 34.2 Å². The Labute approximate surface area is 97.5 Å². The van der Waals surface area contributed by atoms with Crippen molar-refractivity contribution in [2.75, 3.05) is 0 Å². The van der Waals surface area contributed by atoms with Crippen LogP contribution < -0.4 is 5.73 Å². The number of amides is 1. The molecule has 7 heteroatoms. The van der Waals surface area contributed by atoms with Crippen LogP contribution in [0.4, 0.5) is 5.69 Å². The molecule has 0 fully saturated rings. The molecule has 1 aromatic carbocycles. The number of hydrogen-bond donors (Lipinski definition) is 1. The molecule has 0 aromatic heterocycles. The summed E-state index contributed by atoms with van der Waals surface area (Å²) in [6, 6.07) is 2.41. The van der Waals surface area contributed by atoms with Crippen molar-refractivity contribution in [3.63, 3.8) is 0 Å². The number of carbonyl (C=O) groups excluding carboxylic acids is 1. The van der Waals surface area contributed by atoms with Crippen molar-refractivity contribution < 1.29 is 9.72 Å². The molecule has 0 radical (unpaired) electrons. The minimum Gasteiger partial charge on any atom is -0.365 e. The van der Waals surface area contributed by atoms with Gasteiger partial charge in [-0.3, -0.25) is 14.9 Å². The van der Waals surface area contributed by atoms with Gasteiger partial charge in [-0.2, -0.15) is 0 Å². The number of hydrogen-bond acceptors (Lipinski definition) is 3. The summed E-state index contributed by atoms with van der Waals surface area (Å²) >= 11 is 7.53. The molecule has 0 heterocycles. The predicted octanol–water partition coefficient (Wildman–Crippen LogP) is 1.95. The molecular weight excluding hydrogens is 322 g/mol. The molecule has 0 aliphatic rings. The molecule has 0 unspecified atom stereocenters. The molecule has 0 aliphatic heterocycles. The molecule has 1 rings (SSSR count). The Bertz CT molecular complexity index is 383. The van der Waals surface area contributed by atoms with Crippen molar-refractivity contribution in [2.45, 2.75) is 0 Å². The molecule has 2 N–H and O–H groups in total. The van der Waals surface area contributed by atoms with Crippen molar-refractivity contribution in [2.24, 2.45) is 5.73 Å². The van der Waals surface area contributed by atoms with Gasteiger partial charge in [-0.05, 0) is 28.7 Å². The third-order valence-electron chi connectivity index (χ3n) is 1.50. The lowest BCUT2D eigenvalue weighted by Crippen LogP contribution is -2.13. The summed E-state index contributed by atoms with van der Waals surface area (Å²) in [7, 11) is 0. The van der Waals surface area contributed by atoms with Crippen LogP contribution in [0.3, 0.4) is 0 Å². The van der Waals surface area contributed by atoms with Crippen molar-refractivity contribution in [3.8, 4) is 0 Å². The Morgan fingerprint density at radius 3 is 2.57 bits per heavy atom. The molecule has 14 heavy (non-hydrogen) atoms. The molecule has 1 amide bonds. The van der Waals surface area contributed by atoms with Gasteiger partial charge in [0.2, 0.25) is 0 Å². The molecule has 0 bridgehead atoms. The second kappa shape index (κ2) is 4.09. The maximum atomic E-state index is 10.8. The van der Waals surface area contributed by atoms with Gasteiger partial charge in [-0.15, -0.1) is 0 Å². The van der Waals surface area contributed by atoms with E-state index in [0.717, 1.165) is 0 Å². The number of halogens is 2. The zero-order valence-corrected chi connectivity index (χ0v) is 9.57. The van der Waals surface area contributed by atoms with Gasteiger partial charge in [0.25, 0.3) is 11.6 Å². The Kier molecular flexibility index (Phi) is 3.27. The highest BCUT2D eigenvalue weighted by Crippen LogP contribution is 2.27.